The SMILES string of the molecule is O=C(c1ccc(Cl)cc1)N1CCN(c2c([N+](=O)[O-])ccc3c2CCN3)CC1. The van der Waals surface area contributed by atoms with E-state index >= 15 is 0 Å². The molecule has 0 saturated carbocycles. The fourth-order valence-electron chi connectivity index (χ4n) is 3.77. The van der Waals surface area contributed by atoms with Crippen LogP contribution in [0.1, 0.15) is 15.9 Å². The van der Waals surface area contributed by atoms with Crippen LogP contribution < -0.4 is 10.2 Å². The molecular formula is C19H19ClN4O3. The molecule has 0 spiro atoms. The van der Waals surface area contributed by atoms with E-state index in [1.807, 2.05) is 4.90 Å². The van der Waals surface area contributed by atoms with Crippen LogP contribution in [0.25, 0.3) is 0 Å². The van der Waals surface area contributed by atoms with Gasteiger partial charge in [0.05, 0.1) is 4.92 Å². The van der Waals surface area contributed by atoms with Crippen LogP contribution >= 0.6 is 11.6 Å². The number of carbonyl (C=O) groups excluding carboxylic acids is 1. The monoisotopic (exact) mass is 386 g/mol. The first-order valence-electron chi connectivity index (χ1n) is 8.88. The van der Waals surface area contributed by atoms with Gasteiger partial charge in [0.15, 0.2) is 0 Å². The average molecular weight is 387 g/mol. The number of anilines is 2. The van der Waals surface area contributed by atoms with E-state index in [-0.39, 0.29) is 16.5 Å². The standard InChI is InChI=1S/C19H19ClN4O3/c20-14-3-1-13(2-4-14)19(25)23-11-9-22(10-12-23)18-15-7-8-21-16(15)5-6-17(18)24(26)27/h1-6,21H,7-12H2. The number of nitro benzene ring substituents is 1. The molecule has 0 aliphatic carbocycles. The Morgan fingerprint density at radius 1 is 1.07 bits per heavy atom. The molecule has 27 heavy (non-hydrogen) atoms. The first kappa shape index (κ1) is 17.6. The minimum Gasteiger partial charge on any atom is -0.384 e. The Bertz CT molecular complexity index is 893. The smallest absolute Gasteiger partial charge is 0.292 e. The molecule has 2 heterocycles. The van der Waals surface area contributed by atoms with Gasteiger partial charge in [0.2, 0.25) is 0 Å². The maximum atomic E-state index is 12.7. The average Bonchev–Trinajstić information content (AvgIpc) is 3.16. The highest BCUT2D eigenvalue weighted by atomic mass is 35.5. The summed E-state index contributed by atoms with van der Waals surface area (Å²) in [4.78, 5) is 27.7. The first-order valence-corrected chi connectivity index (χ1v) is 9.26. The molecule has 1 fully saturated rings. The lowest BCUT2D eigenvalue weighted by molar-refractivity contribution is -0.384. The van der Waals surface area contributed by atoms with E-state index in [1.165, 1.54) is 0 Å². The summed E-state index contributed by atoms with van der Waals surface area (Å²) in [6.07, 6.45) is 0.774. The van der Waals surface area contributed by atoms with E-state index in [2.05, 4.69) is 5.32 Å². The van der Waals surface area contributed by atoms with Crippen molar-refractivity contribution in [2.24, 2.45) is 0 Å². The van der Waals surface area contributed by atoms with E-state index < -0.39 is 0 Å². The highest BCUT2D eigenvalue weighted by molar-refractivity contribution is 6.30. The Morgan fingerprint density at radius 2 is 1.78 bits per heavy atom. The van der Waals surface area contributed by atoms with Gasteiger partial charge in [0.1, 0.15) is 5.69 Å². The predicted octanol–water partition coefficient (Wildman–Crippen LogP) is 3.18. The van der Waals surface area contributed by atoms with Crippen LogP contribution in [-0.2, 0) is 6.42 Å². The van der Waals surface area contributed by atoms with Crippen molar-refractivity contribution in [2.75, 3.05) is 42.9 Å². The Kier molecular flexibility index (Phi) is 4.61. The van der Waals surface area contributed by atoms with Crippen LogP contribution in [0.15, 0.2) is 36.4 Å². The van der Waals surface area contributed by atoms with Crippen LogP contribution in [0.5, 0.6) is 0 Å². The van der Waals surface area contributed by atoms with Crippen molar-refractivity contribution in [2.45, 2.75) is 6.42 Å². The predicted molar refractivity (Wildman–Crippen MR) is 105 cm³/mol. The molecule has 8 heteroatoms. The molecule has 0 atom stereocenters. The van der Waals surface area contributed by atoms with Crippen molar-refractivity contribution in [1.82, 2.24) is 4.90 Å². The fourth-order valence-corrected chi connectivity index (χ4v) is 3.90. The minimum atomic E-state index is -0.320. The number of nitrogens with zero attached hydrogens (tertiary/aromatic N) is 3. The van der Waals surface area contributed by atoms with E-state index in [4.69, 9.17) is 11.6 Å². The third-order valence-corrected chi connectivity index (χ3v) is 5.37. The molecule has 0 bridgehead atoms. The third kappa shape index (κ3) is 3.30. The summed E-state index contributed by atoms with van der Waals surface area (Å²) >= 11 is 5.88. The molecule has 1 saturated heterocycles. The maximum absolute atomic E-state index is 12.7. The molecule has 0 aromatic heterocycles. The maximum Gasteiger partial charge on any atom is 0.292 e. The molecule has 140 valence electrons. The second-order valence-corrected chi connectivity index (χ2v) is 7.12. The molecule has 2 aromatic carbocycles. The summed E-state index contributed by atoms with van der Waals surface area (Å²) in [5.41, 5.74) is 3.40. The van der Waals surface area contributed by atoms with E-state index in [0.29, 0.717) is 42.5 Å². The Balaban J connectivity index is 1.53. The molecule has 1 amide bonds. The second-order valence-electron chi connectivity index (χ2n) is 6.68. The normalized spacial score (nSPS) is 16.0. The number of halogens is 1. The number of amides is 1. The van der Waals surface area contributed by atoms with Crippen molar-refractivity contribution in [3.05, 3.63) is 62.7 Å². The van der Waals surface area contributed by atoms with Gasteiger partial charge in [-0.2, -0.15) is 0 Å². The van der Waals surface area contributed by atoms with Crippen LogP contribution in [-0.4, -0.2) is 48.5 Å². The van der Waals surface area contributed by atoms with Gasteiger partial charge >= 0.3 is 0 Å². The number of fused-ring (bicyclic) bond motifs is 1. The van der Waals surface area contributed by atoms with E-state index in [9.17, 15) is 14.9 Å². The lowest BCUT2D eigenvalue weighted by Gasteiger charge is -2.36. The number of hydrogen-bond acceptors (Lipinski definition) is 5. The molecule has 0 unspecified atom stereocenters. The van der Waals surface area contributed by atoms with Gasteiger partial charge in [-0.25, -0.2) is 0 Å². The topological polar surface area (TPSA) is 78.7 Å². The summed E-state index contributed by atoms with van der Waals surface area (Å²) in [6, 6.07) is 10.2. The Labute approximate surface area is 161 Å². The van der Waals surface area contributed by atoms with Crippen molar-refractivity contribution in [3.63, 3.8) is 0 Å². The molecular weight excluding hydrogens is 368 g/mol. The highest BCUT2D eigenvalue weighted by Gasteiger charge is 2.31. The number of piperazine rings is 1. The van der Waals surface area contributed by atoms with Gasteiger partial charge in [-0.1, -0.05) is 11.6 Å². The number of nitro groups is 1. The zero-order chi connectivity index (χ0) is 19.0. The van der Waals surface area contributed by atoms with Crippen LogP contribution in [0, 0.1) is 10.1 Å². The molecule has 1 N–H and O–H groups in total. The van der Waals surface area contributed by atoms with Gasteiger partial charge in [-0.05, 0) is 36.8 Å². The molecule has 2 aromatic rings. The summed E-state index contributed by atoms with van der Waals surface area (Å²) in [6.45, 7) is 2.97. The molecule has 0 radical (unpaired) electrons. The van der Waals surface area contributed by atoms with Crippen LogP contribution in [0.4, 0.5) is 17.1 Å². The summed E-state index contributed by atoms with van der Waals surface area (Å²) < 4.78 is 0. The van der Waals surface area contributed by atoms with Crippen molar-refractivity contribution in [3.8, 4) is 0 Å². The van der Waals surface area contributed by atoms with Gasteiger partial charge in [0, 0.05) is 60.6 Å². The quantitative estimate of drug-likeness (QED) is 0.647. The fraction of sp³-hybridized carbons (Fsp3) is 0.316. The van der Waals surface area contributed by atoms with Crippen molar-refractivity contribution < 1.29 is 9.72 Å². The number of nitrogens with one attached hydrogen (secondary N) is 1. The third-order valence-electron chi connectivity index (χ3n) is 5.12. The summed E-state index contributed by atoms with van der Waals surface area (Å²) in [5.74, 6) is -0.0410. The van der Waals surface area contributed by atoms with Gasteiger partial charge in [-0.15, -0.1) is 0 Å². The molecule has 4 rings (SSSR count). The molecule has 7 nitrogen and oxygen atoms in total. The van der Waals surface area contributed by atoms with Gasteiger partial charge < -0.3 is 15.1 Å². The summed E-state index contributed by atoms with van der Waals surface area (Å²) in [7, 11) is 0. The zero-order valence-corrected chi connectivity index (χ0v) is 15.4. The second kappa shape index (κ2) is 7.08. The van der Waals surface area contributed by atoms with Crippen LogP contribution in [0.2, 0.25) is 5.02 Å². The minimum absolute atomic E-state index is 0.0410. The zero-order valence-electron chi connectivity index (χ0n) is 14.7. The van der Waals surface area contributed by atoms with Gasteiger partial charge in [-0.3, -0.25) is 14.9 Å². The number of carbonyl (C=O) groups is 1. The largest absolute Gasteiger partial charge is 0.384 e. The van der Waals surface area contributed by atoms with Crippen molar-refractivity contribution in [1.29, 1.82) is 0 Å². The molecule has 2 aliphatic rings. The Hall–Kier alpha value is -2.80. The Morgan fingerprint density at radius 3 is 2.44 bits per heavy atom. The highest BCUT2D eigenvalue weighted by Crippen LogP contribution is 2.39. The lowest BCUT2D eigenvalue weighted by Crippen LogP contribution is -2.49. The van der Waals surface area contributed by atoms with Crippen LogP contribution in [0.3, 0.4) is 0 Å². The number of hydrogen-bond donors (Lipinski definition) is 1. The van der Waals surface area contributed by atoms with E-state index in [0.717, 1.165) is 24.2 Å². The van der Waals surface area contributed by atoms with Gasteiger partial charge in [0.25, 0.3) is 11.6 Å². The molecule has 2 aliphatic heterocycles. The first-order chi connectivity index (χ1) is 13.0. The lowest BCUT2D eigenvalue weighted by atomic mass is 10.1. The van der Waals surface area contributed by atoms with Crippen molar-refractivity contribution >= 4 is 34.6 Å². The van der Waals surface area contributed by atoms with E-state index in [1.54, 1.807) is 41.3 Å². The number of benzene rings is 2. The summed E-state index contributed by atoms with van der Waals surface area (Å²) in [5, 5.41) is 15.4. The number of rotatable bonds is 3.